The molecule has 72 valence electrons. The van der Waals surface area contributed by atoms with Gasteiger partial charge in [-0.3, -0.25) is 0 Å². The van der Waals surface area contributed by atoms with Crippen molar-refractivity contribution in [3.8, 4) is 5.75 Å². The van der Waals surface area contributed by atoms with E-state index in [4.69, 9.17) is 4.74 Å². The fourth-order valence-electron chi connectivity index (χ4n) is 1.18. The highest BCUT2D eigenvalue weighted by Crippen LogP contribution is 2.25. The van der Waals surface area contributed by atoms with Crippen LogP contribution in [-0.4, -0.2) is 18.3 Å². The van der Waals surface area contributed by atoms with E-state index in [1.807, 2.05) is 18.2 Å². The van der Waals surface area contributed by atoms with Crippen LogP contribution in [0.5, 0.6) is 5.75 Å². The van der Waals surface area contributed by atoms with E-state index in [1.54, 1.807) is 14.0 Å². The van der Waals surface area contributed by atoms with Gasteiger partial charge in [-0.15, -0.1) is 0 Å². The summed E-state index contributed by atoms with van der Waals surface area (Å²) < 4.78 is 6.02. The Hall–Kier alpha value is -0.540. The summed E-state index contributed by atoms with van der Waals surface area (Å²) in [7, 11) is 1.63. The molecule has 2 nitrogen and oxygen atoms in total. The number of ether oxygens (including phenoxy) is 1. The minimum atomic E-state index is -0.305. The molecule has 0 spiro atoms. The number of aliphatic hydroxyl groups is 1. The van der Waals surface area contributed by atoms with Crippen LogP contribution in [0, 0.1) is 0 Å². The summed E-state index contributed by atoms with van der Waals surface area (Å²) in [6, 6.07) is 5.81. The quantitative estimate of drug-likeness (QED) is 0.885. The molecular weight excluding hydrogens is 232 g/mol. The predicted molar refractivity (Wildman–Crippen MR) is 56.1 cm³/mol. The average Bonchev–Trinajstić information content (AvgIpc) is 2.03. The second kappa shape index (κ2) is 4.63. The lowest BCUT2D eigenvalue weighted by Gasteiger charge is -2.07. The third kappa shape index (κ3) is 3.01. The predicted octanol–water partition coefficient (Wildman–Crippen LogP) is 2.38. The molecule has 0 aliphatic carbocycles. The summed E-state index contributed by atoms with van der Waals surface area (Å²) in [6.45, 7) is 1.78. The van der Waals surface area contributed by atoms with Gasteiger partial charge in [0.15, 0.2) is 0 Å². The molecule has 0 bridgehead atoms. The average molecular weight is 245 g/mol. The Bertz CT molecular complexity index is 284. The molecule has 0 heterocycles. The molecular formula is C10H13BrO2. The molecule has 13 heavy (non-hydrogen) atoms. The van der Waals surface area contributed by atoms with Crippen molar-refractivity contribution in [2.45, 2.75) is 19.4 Å². The molecule has 0 aromatic heterocycles. The van der Waals surface area contributed by atoms with Crippen molar-refractivity contribution >= 4 is 15.9 Å². The van der Waals surface area contributed by atoms with Gasteiger partial charge in [-0.2, -0.15) is 0 Å². The van der Waals surface area contributed by atoms with Crippen LogP contribution in [0.1, 0.15) is 12.5 Å². The van der Waals surface area contributed by atoms with E-state index in [1.165, 1.54) is 0 Å². The topological polar surface area (TPSA) is 29.5 Å². The van der Waals surface area contributed by atoms with Crippen LogP contribution in [0.4, 0.5) is 0 Å². The van der Waals surface area contributed by atoms with Gasteiger partial charge in [0.05, 0.1) is 17.7 Å². The molecule has 0 radical (unpaired) electrons. The Morgan fingerprint density at radius 3 is 2.69 bits per heavy atom. The van der Waals surface area contributed by atoms with Crippen molar-refractivity contribution in [3.63, 3.8) is 0 Å². The van der Waals surface area contributed by atoms with Crippen LogP contribution >= 0.6 is 15.9 Å². The number of rotatable bonds is 3. The summed E-state index contributed by atoms with van der Waals surface area (Å²) in [4.78, 5) is 0. The van der Waals surface area contributed by atoms with Crippen LogP contribution < -0.4 is 4.74 Å². The lowest BCUT2D eigenvalue weighted by Crippen LogP contribution is -2.03. The third-order valence-corrected chi connectivity index (χ3v) is 2.37. The monoisotopic (exact) mass is 244 g/mol. The molecule has 1 rings (SSSR count). The standard InChI is InChI=1S/C10H13BrO2/c1-7(12)5-8-3-4-10(13-2)9(11)6-8/h3-4,6-7,12H,5H2,1-2H3. The van der Waals surface area contributed by atoms with E-state index in [0.29, 0.717) is 6.42 Å². The highest BCUT2D eigenvalue weighted by Gasteiger charge is 2.03. The van der Waals surface area contributed by atoms with Crippen molar-refractivity contribution in [1.82, 2.24) is 0 Å². The van der Waals surface area contributed by atoms with Gasteiger partial charge in [0.2, 0.25) is 0 Å². The van der Waals surface area contributed by atoms with E-state index >= 15 is 0 Å². The van der Waals surface area contributed by atoms with E-state index < -0.39 is 0 Å². The second-order valence-corrected chi connectivity index (χ2v) is 3.88. The molecule has 1 N–H and O–H groups in total. The third-order valence-electron chi connectivity index (χ3n) is 1.75. The van der Waals surface area contributed by atoms with E-state index in [2.05, 4.69) is 15.9 Å². The summed E-state index contributed by atoms with van der Waals surface area (Å²) in [5.74, 6) is 0.814. The summed E-state index contributed by atoms with van der Waals surface area (Å²) >= 11 is 3.39. The zero-order valence-corrected chi connectivity index (χ0v) is 9.34. The number of aliphatic hydroxyl groups excluding tert-OH is 1. The van der Waals surface area contributed by atoms with Crippen molar-refractivity contribution in [2.24, 2.45) is 0 Å². The number of hydrogen-bond donors (Lipinski definition) is 1. The normalized spacial score (nSPS) is 12.6. The lowest BCUT2D eigenvalue weighted by molar-refractivity contribution is 0.195. The van der Waals surface area contributed by atoms with Gasteiger partial charge in [-0.05, 0) is 47.0 Å². The molecule has 0 aliphatic heterocycles. The fraction of sp³-hybridized carbons (Fsp3) is 0.400. The highest BCUT2D eigenvalue weighted by molar-refractivity contribution is 9.10. The first-order valence-corrected chi connectivity index (χ1v) is 4.93. The van der Waals surface area contributed by atoms with Gasteiger partial charge in [-0.1, -0.05) is 6.07 Å². The van der Waals surface area contributed by atoms with Crippen LogP contribution in [0.3, 0.4) is 0 Å². The fourth-order valence-corrected chi connectivity index (χ4v) is 1.77. The Morgan fingerprint density at radius 2 is 2.23 bits per heavy atom. The van der Waals surface area contributed by atoms with E-state index in [0.717, 1.165) is 15.8 Å². The molecule has 0 amide bonds. The summed E-state index contributed by atoms with van der Waals surface area (Å²) in [6.07, 6.45) is 0.364. The first kappa shape index (κ1) is 10.5. The number of benzene rings is 1. The smallest absolute Gasteiger partial charge is 0.133 e. The molecule has 0 saturated heterocycles. The van der Waals surface area contributed by atoms with E-state index in [9.17, 15) is 5.11 Å². The maximum atomic E-state index is 9.18. The number of hydrogen-bond acceptors (Lipinski definition) is 2. The van der Waals surface area contributed by atoms with E-state index in [-0.39, 0.29) is 6.10 Å². The zero-order chi connectivity index (χ0) is 9.84. The SMILES string of the molecule is COc1ccc(CC(C)O)cc1Br. The van der Waals surface area contributed by atoms with Crippen LogP contribution in [0.25, 0.3) is 0 Å². The lowest BCUT2D eigenvalue weighted by atomic mass is 10.1. The maximum absolute atomic E-state index is 9.18. The number of methoxy groups -OCH3 is 1. The molecule has 1 aromatic rings. The summed E-state index contributed by atoms with van der Waals surface area (Å²) in [5, 5.41) is 9.18. The van der Waals surface area contributed by atoms with Gasteiger partial charge in [0.1, 0.15) is 5.75 Å². The molecule has 0 saturated carbocycles. The zero-order valence-electron chi connectivity index (χ0n) is 7.75. The maximum Gasteiger partial charge on any atom is 0.133 e. The van der Waals surface area contributed by atoms with Crippen molar-refractivity contribution < 1.29 is 9.84 Å². The Labute approximate surface area is 86.7 Å². The Morgan fingerprint density at radius 1 is 1.54 bits per heavy atom. The van der Waals surface area contributed by atoms with Gasteiger partial charge in [0.25, 0.3) is 0 Å². The van der Waals surface area contributed by atoms with Gasteiger partial charge < -0.3 is 9.84 Å². The van der Waals surface area contributed by atoms with Gasteiger partial charge >= 0.3 is 0 Å². The molecule has 0 fully saturated rings. The Kier molecular flexibility index (Phi) is 3.75. The van der Waals surface area contributed by atoms with Crippen LogP contribution in [-0.2, 0) is 6.42 Å². The highest BCUT2D eigenvalue weighted by atomic mass is 79.9. The molecule has 0 aliphatic rings. The molecule has 1 atom stereocenters. The molecule has 1 unspecified atom stereocenters. The van der Waals surface area contributed by atoms with Crippen molar-refractivity contribution in [2.75, 3.05) is 7.11 Å². The minimum Gasteiger partial charge on any atom is -0.496 e. The first-order chi connectivity index (χ1) is 6.13. The largest absolute Gasteiger partial charge is 0.496 e. The minimum absolute atomic E-state index is 0.305. The molecule has 3 heteroatoms. The Balaban J connectivity index is 2.83. The molecule has 1 aromatic carbocycles. The van der Waals surface area contributed by atoms with Crippen molar-refractivity contribution in [1.29, 1.82) is 0 Å². The number of halogens is 1. The van der Waals surface area contributed by atoms with Crippen molar-refractivity contribution in [3.05, 3.63) is 28.2 Å². The van der Waals surface area contributed by atoms with Crippen LogP contribution in [0.2, 0.25) is 0 Å². The van der Waals surface area contributed by atoms with Crippen LogP contribution in [0.15, 0.2) is 22.7 Å². The van der Waals surface area contributed by atoms with Gasteiger partial charge in [-0.25, -0.2) is 0 Å². The summed E-state index contributed by atoms with van der Waals surface area (Å²) in [5.41, 5.74) is 1.10. The van der Waals surface area contributed by atoms with Gasteiger partial charge in [0, 0.05) is 0 Å². The second-order valence-electron chi connectivity index (χ2n) is 3.02. The first-order valence-electron chi connectivity index (χ1n) is 4.14.